The van der Waals surface area contributed by atoms with E-state index in [0.29, 0.717) is 6.61 Å². The lowest BCUT2D eigenvalue weighted by atomic mass is 10.4. The largest absolute Gasteiger partial charge is 0.486 e. The highest BCUT2D eigenvalue weighted by atomic mass is 79.9. The second kappa shape index (κ2) is 4.78. The lowest BCUT2D eigenvalue weighted by Crippen LogP contribution is -1.95. The molecule has 90 valence electrons. The quantitative estimate of drug-likeness (QED) is 0.746. The molecule has 3 aromatic rings. The zero-order chi connectivity index (χ0) is 12.4. The van der Waals surface area contributed by atoms with E-state index < -0.39 is 0 Å². The molecule has 0 amide bonds. The van der Waals surface area contributed by atoms with Gasteiger partial charge in [0.25, 0.3) is 0 Å². The Morgan fingerprint density at radius 1 is 1.22 bits per heavy atom. The van der Waals surface area contributed by atoms with E-state index in [-0.39, 0.29) is 0 Å². The lowest BCUT2D eigenvalue weighted by Gasteiger charge is -2.01. The molecule has 5 heteroatoms. The Kier molecular flexibility index (Phi) is 2.98. The Morgan fingerprint density at radius 3 is 3.00 bits per heavy atom. The molecule has 0 aliphatic heterocycles. The minimum atomic E-state index is 0.436. The molecule has 0 radical (unpaired) electrons. The number of hydrogen-bond donors (Lipinski definition) is 0. The van der Waals surface area contributed by atoms with E-state index in [9.17, 15) is 0 Å². The number of rotatable bonds is 3. The van der Waals surface area contributed by atoms with Gasteiger partial charge in [-0.05, 0) is 40.2 Å². The molecule has 0 bridgehead atoms. The second-order valence-electron chi connectivity index (χ2n) is 3.82. The topological polar surface area (TPSA) is 39.4 Å². The maximum absolute atomic E-state index is 5.60. The first-order valence-electron chi connectivity index (χ1n) is 5.47. The molecule has 3 aromatic heterocycles. The molecule has 0 aliphatic rings. The van der Waals surface area contributed by atoms with Gasteiger partial charge in [0.2, 0.25) is 0 Å². The van der Waals surface area contributed by atoms with Crippen LogP contribution in [0.15, 0.2) is 53.5 Å². The van der Waals surface area contributed by atoms with Crippen molar-refractivity contribution in [2.24, 2.45) is 0 Å². The van der Waals surface area contributed by atoms with E-state index in [1.54, 1.807) is 12.4 Å². The van der Waals surface area contributed by atoms with Crippen LogP contribution < -0.4 is 4.74 Å². The van der Waals surface area contributed by atoms with Crippen LogP contribution in [0.3, 0.4) is 0 Å². The van der Waals surface area contributed by atoms with E-state index in [1.807, 2.05) is 41.1 Å². The van der Waals surface area contributed by atoms with Crippen LogP contribution in [0, 0.1) is 0 Å². The highest BCUT2D eigenvalue weighted by Crippen LogP contribution is 2.14. The third-order valence-corrected chi connectivity index (χ3v) is 2.96. The van der Waals surface area contributed by atoms with E-state index >= 15 is 0 Å². The zero-order valence-electron chi connectivity index (χ0n) is 9.45. The first-order chi connectivity index (χ1) is 8.81. The minimum absolute atomic E-state index is 0.436. The smallest absolute Gasteiger partial charge is 0.138 e. The number of fused-ring (bicyclic) bond motifs is 1. The summed E-state index contributed by atoms with van der Waals surface area (Å²) >= 11 is 3.43. The van der Waals surface area contributed by atoms with E-state index in [4.69, 9.17) is 4.74 Å². The number of imidazole rings is 1. The van der Waals surface area contributed by atoms with Gasteiger partial charge in [-0.2, -0.15) is 0 Å². The van der Waals surface area contributed by atoms with E-state index in [2.05, 4.69) is 25.9 Å². The SMILES string of the molecule is Brc1ccc2nc(COc3cccnc3)cn2c1. The van der Waals surface area contributed by atoms with Crippen molar-refractivity contribution in [3.63, 3.8) is 0 Å². The fraction of sp³-hybridized carbons (Fsp3) is 0.0769. The third-order valence-electron chi connectivity index (χ3n) is 2.49. The third kappa shape index (κ3) is 2.36. The van der Waals surface area contributed by atoms with Crippen LogP contribution in [0.1, 0.15) is 5.69 Å². The summed E-state index contributed by atoms with van der Waals surface area (Å²) in [6.07, 6.45) is 7.33. The fourth-order valence-electron chi connectivity index (χ4n) is 1.68. The molecule has 0 spiro atoms. The molecule has 18 heavy (non-hydrogen) atoms. The van der Waals surface area contributed by atoms with Crippen molar-refractivity contribution in [3.8, 4) is 5.75 Å². The average molecular weight is 304 g/mol. The first kappa shape index (κ1) is 11.2. The molecular weight excluding hydrogens is 294 g/mol. The van der Waals surface area contributed by atoms with Crippen LogP contribution in [-0.2, 0) is 6.61 Å². The molecule has 0 fully saturated rings. The summed E-state index contributed by atoms with van der Waals surface area (Å²) in [5.74, 6) is 0.746. The zero-order valence-corrected chi connectivity index (χ0v) is 11.0. The molecule has 0 saturated heterocycles. The summed E-state index contributed by atoms with van der Waals surface area (Å²) in [5.41, 5.74) is 1.79. The maximum atomic E-state index is 5.60. The van der Waals surface area contributed by atoms with Crippen molar-refractivity contribution < 1.29 is 4.74 Å². The number of nitrogens with zero attached hydrogens (tertiary/aromatic N) is 3. The van der Waals surface area contributed by atoms with Gasteiger partial charge in [0.05, 0.1) is 11.9 Å². The molecule has 0 aromatic carbocycles. The number of aromatic nitrogens is 3. The van der Waals surface area contributed by atoms with Crippen molar-refractivity contribution in [3.05, 3.63) is 59.2 Å². The standard InChI is InChI=1S/C13H10BrN3O/c14-10-3-4-13-16-11(8-17(13)7-10)9-18-12-2-1-5-15-6-12/h1-8H,9H2. The Labute approximate surface area is 112 Å². The molecule has 3 rings (SSSR count). The number of pyridine rings is 2. The minimum Gasteiger partial charge on any atom is -0.486 e. The van der Waals surface area contributed by atoms with Crippen molar-refractivity contribution in [1.82, 2.24) is 14.4 Å². The van der Waals surface area contributed by atoms with Gasteiger partial charge in [0.1, 0.15) is 18.0 Å². The van der Waals surface area contributed by atoms with Gasteiger partial charge < -0.3 is 9.14 Å². The van der Waals surface area contributed by atoms with Gasteiger partial charge >= 0.3 is 0 Å². The number of halogens is 1. The summed E-state index contributed by atoms with van der Waals surface area (Å²) in [7, 11) is 0. The van der Waals surface area contributed by atoms with Crippen molar-refractivity contribution >= 4 is 21.6 Å². The summed E-state index contributed by atoms with van der Waals surface area (Å²) in [6.45, 7) is 0.436. The average Bonchev–Trinajstić information content (AvgIpc) is 2.79. The normalized spacial score (nSPS) is 10.7. The summed E-state index contributed by atoms with van der Waals surface area (Å²) < 4.78 is 8.59. The molecule has 0 unspecified atom stereocenters. The Hall–Kier alpha value is -1.88. The highest BCUT2D eigenvalue weighted by Gasteiger charge is 2.02. The van der Waals surface area contributed by atoms with Gasteiger partial charge in [-0.3, -0.25) is 4.98 Å². The van der Waals surface area contributed by atoms with Crippen LogP contribution >= 0.6 is 15.9 Å². The predicted octanol–water partition coefficient (Wildman–Crippen LogP) is 3.07. The van der Waals surface area contributed by atoms with Crippen LogP contribution in [0.25, 0.3) is 5.65 Å². The van der Waals surface area contributed by atoms with Gasteiger partial charge in [-0.15, -0.1) is 0 Å². The Morgan fingerprint density at radius 2 is 2.17 bits per heavy atom. The second-order valence-corrected chi connectivity index (χ2v) is 4.74. The Bertz CT molecular complexity index is 666. The van der Waals surface area contributed by atoms with Crippen LogP contribution in [0.4, 0.5) is 0 Å². The van der Waals surface area contributed by atoms with E-state index in [0.717, 1.165) is 21.6 Å². The highest BCUT2D eigenvalue weighted by molar-refractivity contribution is 9.10. The van der Waals surface area contributed by atoms with Crippen LogP contribution in [-0.4, -0.2) is 14.4 Å². The van der Waals surface area contributed by atoms with Crippen LogP contribution in [0.5, 0.6) is 5.75 Å². The van der Waals surface area contributed by atoms with Crippen molar-refractivity contribution in [1.29, 1.82) is 0 Å². The number of hydrogen-bond acceptors (Lipinski definition) is 3. The molecular formula is C13H10BrN3O. The predicted molar refractivity (Wildman–Crippen MR) is 71.5 cm³/mol. The monoisotopic (exact) mass is 303 g/mol. The molecule has 3 heterocycles. The van der Waals surface area contributed by atoms with Gasteiger partial charge in [0, 0.05) is 23.1 Å². The van der Waals surface area contributed by atoms with Crippen molar-refractivity contribution in [2.45, 2.75) is 6.61 Å². The molecule has 0 atom stereocenters. The molecule has 4 nitrogen and oxygen atoms in total. The molecule has 0 aliphatic carbocycles. The van der Waals surface area contributed by atoms with Crippen LogP contribution in [0.2, 0.25) is 0 Å². The fourth-order valence-corrected chi connectivity index (χ4v) is 2.03. The van der Waals surface area contributed by atoms with Crippen molar-refractivity contribution in [2.75, 3.05) is 0 Å². The summed E-state index contributed by atoms with van der Waals surface area (Å²) in [6, 6.07) is 7.64. The summed E-state index contributed by atoms with van der Waals surface area (Å²) in [5, 5.41) is 0. The maximum Gasteiger partial charge on any atom is 0.138 e. The van der Waals surface area contributed by atoms with Gasteiger partial charge in [-0.25, -0.2) is 4.98 Å². The first-order valence-corrected chi connectivity index (χ1v) is 6.26. The number of ether oxygens (including phenoxy) is 1. The lowest BCUT2D eigenvalue weighted by molar-refractivity contribution is 0.301. The molecule has 0 saturated carbocycles. The Balaban J connectivity index is 1.79. The van der Waals surface area contributed by atoms with E-state index in [1.165, 1.54) is 0 Å². The summed E-state index contributed by atoms with van der Waals surface area (Å²) in [4.78, 5) is 8.46. The van der Waals surface area contributed by atoms with Gasteiger partial charge in [0.15, 0.2) is 0 Å². The molecule has 0 N–H and O–H groups in total. The van der Waals surface area contributed by atoms with Gasteiger partial charge in [-0.1, -0.05) is 0 Å².